The van der Waals surface area contributed by atoms with Gasteiger partial charge in [0.2, 0.25) is 0 Å². The summed E-state index contributed by atoms with van der Waals surface area (Å²) in [6.45, 7) is 2.21. The third-order valence-electron chi connectivity index (χ3n) is 3.30. The van der Waals surface area contributed by atoms with E-state index in [9.17, 15) is 9.59 Å². The first-order chi connectivity index (χ1) is 9.57. The predicted octanol–water partition coefficient (Wildman–Crippen LogP) is -1.52. The maximum absolute atomic E-state index is 10.8. The molecule has 0 saturated heterocycles. The summed E-state index contributed by atoms with van der Waals surface area (Å²) in [4.78, 5) is 21.3. The van der Waals surface area contributed by atoms with Crippen LogP contribution in [-0.2, 0) is 9.59 Å². The molecule has 0 fully saturated rings. The van der Waals surface area contributed by atoms with Gasteiger partial charge in [0.05, 0.1) is 12.3 Å². The first kappa shape index (κ1) is 28.7. The molecule has 0 aromatic rings. The standard InChI is InChI=1S/C16H28O4.2K.2H/c1-2-3-4-5-6-7-8-9-10-11-12-14(16(19)20)13-15(17)18;;;;/h11-12,14H,2-10,13H2,1H3,(H,17,18)(H,19,20);;;;/q;2*+1;2*-1/b12-11+;;;;. The molecular formula is C16H30K2O4. The second-order valence-corrected chi connectivity index (χ2v) is 5.23. The Labute approximate surface area is 222 Å². The van der Waals surface area contributed by atoms with Crippen molar-refractivity contribution in [3.8, 4) is 0 Å². The number of allylic oxidation sites excluding steroid dienone is 1. The number of carbonyl (C=O) groups is 2. The minimum Gasteiger partial charge on any atom is -1.00 e. The van der Waals surface area contributed by atoms with Gasteiger partial charge in [-0.25, -0.2) is 0 Å². The van der Waals surface area contributed by atoms with Gasteiger partial charge in [-0.1, -0.05) is 64.0 Å². The third kappa shape index (κ3) is 20.0. The zero-order valence-electron chi connectivity index (χ0n) is 16.5. The number of carboxylic acids is 2. The van der Waals surface area contributed by atoms with Gasteiger partial charge in [-0.3, -0.25) is 9.59 Å². The second-order valence-electron chi connectivity index (χ2n) is 5.23. The summed E-state index contributed by atoms with van der Waals surface area (Å²) in [5, 5.41) is 17.4. The molecule has 22 heavy (non-hydrogen) atoms. The molecule has 6 heteroatoms. The molecule has 0 aromatic heterocycles. The Morgan fingerprint density at radius 3 is 1.91 bits per heavy atom. The molecule has 0 aliphatic rings. The summed E-state index contributed by atoms with van der Waals surface area (Å²) >= 11 is 0. The van der Waals surface area contributed by atoms with E-state index in [2.05, 4.69) is 6.92 Å². The topological polar surface area (TPSA) is 74.6 Å². The molecule has 4 nitrogen and oxygen atoms in total. The first-order valence-electron chi connectivity index (χ1n) is 7.69. The van der Waals surface area contributed by atoms with Crippen LogP contribution in [0.2, 0.25) is 0 Å². The average Bonchev–Trinajstić information content (AvgIpc) is 2.39. The van der Waals surface area contributed by atoms with Gasteiger partial charge in [0.1, 0.15) is 0 Å². The van der Waals surface area contributed by atoms with Gasteiger partial charge in [0.25, 0.3) is 0 Å². The minimum atomic E-state index is -1.07. The SMILES string of the molecule is CCCCCCCCCC/C=C/C(CC(=O)O)C(=O)O.[H-].[H-].[K+].[K+]. The van der Waals surface area contributed by atoms with Crippen LogP contribution in [0.5, 0.6) is 0 Å². The van der Waals surface area contributed by atoms with Gasteiger partial charge >= 0.3 is 115 Å². The normalized spacial score (nSPS) is 11.5. The molecule has 2 N–H and O–H groups in total. The third-order valence-corrected chi connectivity index (χ3v) is 3.30. The molecule has 0 saturated carbocycles. The maximum atomic E-state index is 10.8. The van der Waals surface area contributed by atoms with Crippen molar-refractivity contribution in [1.82, 2.24) is 0 Å². The van der Waals surface area contributed by atoms with Crippen molar-refractivity contribution in [1.29, 1.82) is 0 Å². The van der Waals surface area contributed by atoms with Gasteiger partial charge in [-0.05, 0) is 12.8 Å². The van der Waals surface area contributed by atoms with Crippen LogP contribution in [0, 0.1) is 5.92 Å². The Balaban J connectivity index is -0.000000301. The molecule has 0 aliphatic carbocycles. The monoisotopic (exact) mass is 364 g/mol. The second kappa shape index (κ2) is 21.0. The molecule has 1 atom stereocenters. The summed E-state index contributed by atoms with van der Waals surface area (Å²) in [6.07, 6.45) is 13.7. The average molecular weight is 365 g/mol. The molecule has 1 unspecified atom stereocenters. The van der Waals surface area contributed by atoms with Gasteiger partial charge in [-0.2, -0.15) is 0 Å². The van der Waals surface area contributed by atoms with E-state index in [0.29, 0.717) is 0 Å². The van der Waals surface area contributed by atoms with Crippen LogP contribution in [0.4, 0.5) is 0 Å². The molecular weight excluding hydrogens is 334 g/mol. The van der Waals surface area contributed by atoms with Crippen molar-refractivity contribution in [3.63, 3.8) is 0 Å². The van der Waals surface area contributed by atoms with Gasteiger partial charge in [0, 0.05) is 0 Å². The Morgan fingerprint density at radius 1 is 0.955 bits per heavy atom. The molecule has 120 valence electrons. The molecule has 0 aromatic carbocycles. The van der Waals surface area contributed by atoms with E-state index in [1.54, 1.807) is 6.08 Å². The van der Waals surface area contributed by atoms with Crippen molar-refractivity contribution in [2.75, 3.05) is 0 Å². The predicted molar refractivity (Wildman–Crippen MR) is 82.0 cm³/mol. The van der Waals surface area contributed by atoms with Crippen LogP contribution in [0.3, 0.4) is 0 Å². The van der Waals surface area contributed by atoms with E-state index in [1.165, 1.54) is 44.6 Å². The number of carboxylic acid groups (broad SMARTS) is 2. The van der Waals surface area contributed by atoms with Crippen LogP contribution in [0.1, 0.15) is 74.0 Å². The van der Waals surface area contributed by atoms with Crippen molar-refractivity contribution in [2.45, 2.75) is 71.1 Å². The van der Waals surface area contributed by atoms with Crippen LogP contribution in [0.15, 0.2) is 12.2 Å². The van der Waals surface area contributed by atoms with Gasteiger partial charge < -0.3 is 13.1 Å². The minimum absolute atomic E-state index is 0. The quantitative estimate of drug-likeness (QED) is 0.237. The fraction of sp³-hybridized carbons (Fsp3) is 0.750. The maximum Gasteiger partial charge on any atom is 1.00 e. The number of hydrogen-bond donors (Lipinski definition) is 2. The number of rotatable bonds is 13. The summed E-state index contributed by atoms with van der Waals surface area (Å²) in [6, 6.07) is 0. The Kier molecular flexibility index (Phi) is 27.4. The van der Waals surface area contributed by atoms with Crippen LogP contribution < -0.4 is 103 Å². The smallest absolute Gasteiger partial charge is 1.00 e. The summed E-state index contributed by atoms with van der Waals surface area (Å²) < 4.78 is 0. The fourth-order valence-corrected chi connectivity index (χ4v) is 2.08. The van der Waals surface area contributed by atoms with Gasteiger partial charge in [0.15, 0.2) is 0 Å². The zero-order valence-corrected chi connectivity index (χ0v) is 20.8. The molecule has 0 spiro atoms. The largest absolute Gasteiger partial charge is 1.00 e. The number of hydrogen-bond acceptors (Lipinski definition) is 2. The Bertz CT molecular complexity index is 316. The van der Waals surface area contributed by atoms with Crippen LogP contribution in [0.25, 0.3) is 0 Å². The van der Waals surface area contributed by atoms with E-state index in [0.717, 1.165) is 19.3 Å². The van der Waals surface area contributed by atoms with E-state index < -0.39 is 17.9 Å². The first-order valence-corrected chi connectivity index (χ1v) is 7.69. The molecule has 0 heterocycles. The fourth-order valence-electron chi connectivity index (χ4n) is 2.08. The van der Waals surface area contributed by atoms with E-state index in [4.69, 9.17) is 10.2 Å². The Hall–Kier alpha value is 1.95. The number of aliphatic carboxylic acids is 2. The van der Waals surface area contributed by atoms with Crippen molar-refractivity contribution in [2.24, 2.45) is 5.92 Å². The van der Waals surface area contributed by atoms with Crippen LogP contribution in [-0.4, -0.2) is 22.2 Å². The van der Waals surface area contributed by atoms with Crippen molar-refractivity contribution < 1.29 is 125 Å². The molecule has 0 amide bonds. The zero-order chi connectivity index (χ0) is 15.2. The molecule has 0 radical (unpaired) electrons. The van der Waals surface area contributed by atoms with E-state index in [-0.39, 0.29) is 112 Å². The van der Waals surface area contributed by atoms with E-state index in [1.807, 2.05) is 0 Å². The Morgan fingerprint density at radius 2 is 1.45 bits per heavy atom. The van der Waals surface area contributed by atoms with E-state index >= 15 is 0 Å². The van der Waals surface area contributed by atoms with Crippen molar-refractivity contribution in [3.05, 3.63) is 12.2 Å². The number of unbranched alkanes of at least 4 members (excludes halogenated alkanes) is 8. The van der Waals surface area contributed by atoms with Crippen molar-refractivity contribution >= 4 is 11.9 Å². The summed E-state index contributed by atoms with van der Waals surface area (Å²) in [5.41, 5.74) is 0. The molecule has 0 aliphatic heterocycles. The van der Waals surface area contributed by atoms with Gasteiger partial charge in [-0.15, -0.1) is 0 Å². The molecule has 0 rings (SSSR count). The van der Waals surface area contributed by atoms with Crippen LogP contribution >= 0.6 is 0 Å². The summed E-state index contributed by atoms with van der Waals surface area (Å²) in [5.74, 6) is -3.05. The molecule has 0 bridgehead atoms. The summed E-state index contributed by atoms with van der Waals surface area (Å²) in [7, 11) is 0.